The molecule has 1 aromatic rings. The van der Waals surface area contributed by atoms with Gasteiger partial charge in [-0.2, -0.15) is 0 Å². The van der Waals surface area contributed by atoms with Crippen LogP contribution < -0.4 is 15.0 Å². The number of hydrogen-bond donors (Lipinski definition) is 2. The Morgan fingerprint density at radius 3 is 2.79 bits per heavy atom. The first kappa shape index (κ1) is 18.6. The average molecular weight is 335 g/mol. The van der Waals surface area contributed by atoms with Gasteiger partial charge in [-0.15, -0.1) is 0 Å². The van der Waals surface area contributed by atoms with Gasteiger partial charge >= 0.3 is 6.09 Å². The summed E-state index contributed by atoms with van der Waals surface area (Å²) in [6.07, 6.45) is 6.90. The number of hydrogen-bond acceptors (Lipinski definition) is 3. The minimum absolute atomic E-state index is 0.395. The molecule has 134 valence electrons. The van der Waals surface area contributed by atoms with Crippen LogP contribution in [0.25, 0.3) is 0 Å². The molecule has 1 aliphatic heterocycles. The zero-order valence-corrected chi connectivity index (χ0v) is 14.8. The molecule has 0 spiro atoms. The third-order valence-electron chi connectivity index (χ3n) is 4.35. The first-order valence-electron chi connectivity index (χ1n) is 9.28. The lowest BCUT2D eigenvalue weighted by Crippen LogP contribution is -3.10. The lowest BCUT2D eigenvalue weighted by molar-refractivity contribution is -0.887. The lowest BCUT2D eigenvalue weighted by Gasteiger charge is -2.12. The van der Waals surface area contributed by atoms with Crippen LogP contribution in [0.5, 0.6) is 5.75 Å². The maximum absolute atomic E-state index is 11.8. The second-order valence-corrected chi connectivity index (χ2v) is 6.40. The number of unbranched alkanes of at least 4 members (excludes halogenated alkanes) is 3. The Labute approximate surface area is 145 Å². The van der Waals surface area contributed by atoms with Crippen LogP contribution in [0.1, 0.15) is 45.4 Å². The summed E-state index contributed by atoms with van der Waals surface area (Å²) >= 11 is 0. The van der Waals surface area contributed by atoms with Crippen molar-refractivity contribution in [2.24, 2.45) is 0 Å². The van der Waals surface area contributed by atoms with Crippen molar-refractivity contribution in [3.63, 3.8) is 0 Å². The predicted molar refractivity (Wildman–Crippen MR) is 95.8 cm³/mol. The van der Waals surface area contributed by atoms with Gasteiger partial charge in [-0.1, -0.05) is 32.3 Å². The number of ether oxygens (including phenoxy) is 2. The van der Waals surface area contributed by atoms with E-state index in [4.69, 9.17) is 9.47 Å². The zero-order chi connectivity index (χ0) is 17.0. The van der Waals surface area contributed by atoms with Crippen LogP contribution in [0.4, 0.5) is 10.5 Å². The summed E-state index contributed by atoms with van der Waals surface area (Å²) in [5.41, 5.74) is 0.708. The summed E-state index contributed by atoms with van der Waals surface area (Å²) in [6, 6.07) is 7.47. The van der Waals surface area contributed by atoms with Crippen molar-refractivity contribution in [1.29, 1.82) is 0 Å². The van der Waals surface area contributed by atoms with E-state index in [1.807, 2.05) is 24.3 Å². The van der Waals surface area contributed by atoms with Crippen LogP contribution in [0.2, 0.25) is 0 Å². The molecule has 2 N–H and O–H groups in total. The molecule has 0 bridgehead atoms. The van der Waals surface area contributed by atoms with Crippen molar-refractivity contribution in [2.75, 3.05) is 38.2 Å². The number of carbonyl (C=O) groups is 1. The monoisotopic (exact) mass is 335 g/mol. The van der Waals surface area contributed by atoms with Crippen LogP contribution in [-0.4, -0.2) is 38.9 Å². The topological polar surface area (TPSA) is 52.0 Å². The van der Waals surface area contributed by atoms with E-state index in [2.05, 4.69) is 12.2 Å². The highest BCUT2D eigenvalue weighted by molar-refractivity contribution is 5.84. The second kappa shape index (κ2) is 10.9. The third-order valence-corrected chi connectivity index (χ3v) is 4.35. The van der Waals surface area contributed by atoms with E-state index in [0.29, 0.717) is 18.9 Å². The first-order valence-corrected chi connectivity index (χ1v) is 9.28. The highest BCUT2D eigenvalue weighted by atomic mass is 16.5. The smallest absolute Gasteiger partial charge is 0.411 e. The molecule has 1 amide bonds. The molecule has 0 aromatic heterocycles. The molecule has 0 aliphatic carbocycles. The standard InChI is InChI=1S/C19H30N2O3/c1-2-3-4-7-14-23-18-10-8-9-17(16-18)20-19(22)24-15-13-21-11-5-6-12-21/h8-10,16H,2-7,11-15H2,1H3,(H,20,22)/p+1. The molecule has 0 saturated carbocycles. The molecule has 0 unspecified atom stereocenters. The van der Waals surface area contributed by atoms with Gasteiger partial charge in [-0.05, 0) is 18.6 Å². The van der Waals surface area contributed by atoms with E-state index in [9.17, 15) is 4.79 Å². The summed E-state index contributed by atoms with van der Waals surface area (Å²) in [5, 5.41) is 2.77. The largest absolute Gasteiger partial charge is 0.494 e. The molecule has 1 saturated heterocycles. The van der Waals surface area contributed by atoms with E-state index in [0.717, 1.165) is 18.7 Å². The maximum atomic E-state index is 11.8. The quantitative estimate of drug-likeness (QED) is 0.647. The second-order valence-electron chi connectivity index (χ2n) is 6.40. The van der Waals surface area contributed by atoms with E-state index in [1.165, 1.54) is 50.1 Å². The SMILES string of the molecule is CCCCCCOc1cccc(NC(=O)OCC[NH+]2CCCC2)c1. The summed E-state index contributed by atoms with van der Waals surface area (Å²) in [4.78, 5) is 13.4. The van der Waals surface area contributed by atoms with E-state index >= 15 is 0 Å². The third kappa shape index (κ3) is 7.21. The fraction of sp³-hybridized carbons (Fsp3) is 0.632. The molecular formula is C19H31N2O3+. The molecule has 1 aliphatic rings. The van der Waals surface area contributed by atoms with Crippen LogP contribution in [0.3, 0.4) is 0 Å². The van der Waals surface area contributed by atoms with Crippen LogP contribution in [0, 0.1) is 0 Å². The number of quaternary nitrogens is 1. The molecular weight excluding hydrogens is 304 g/mol. The molecule has 2 rings (SSSR count). The fourth-order valence-corrected chi connectivity index (χ4v) is 2.95. The minimum Gasteiger partial charge on any atom is -0.494 e. The summed E-state index contributed by atoms with van der Waals surface area (Å²) in [6.45, 7) is 6.67. The Balaban J connectivity index is 1.65. The van der Waals surface area contributed by atoms with Crippen LogP contribution in [-0.2, 0) is 4.74 Å². The number of amides is 1. The number of benzene rings is 1. The van der Waals surface area contributed by atoms with Crippen LogP contribution >= 0.6 is 0 Å². The Kier molecular flexibility index (Phi) is 8.46. The number of rotatable bonds is 10. The maximum Gasteiger partial charge on any atom is 0.411 e. The average Bonchev–Trinajstić information content (AvgIpc) is 3.08. The van der Waals surface area contributed by atoms with Crippen molar-refractivity contribution in [3.05, 3.63) is 24.3 Å². The van der Waals surface area contributed by atoms with Gasteiger partial charge in [0.2, 0.25) is 0 Å². The van der Waals surface area contributed by atoms with Crippen molar-refractivity contribution in [2.45, 2.75) is 45.4 Å². The number of nitrogens with one attached hydrogen (secondary N) is 2. The molecule has 1 fully saturated rings. The van der Waals surface area contributed by atoms with Gasteiger partial charge < -0.3 is 14.4 Å². The van der Waals surface area contributed by atoms with E-state index in [-0.39, 0.29) is 0 Å². The number of likely N-dealkylation sites (tertiary alicyclic amines) is 1. The number of anilines is 1. The van der Waals surface area contributed by atoms with Gasteiger partial charge in [-0.25, -0.2) is 4.79 Å². The molecule has 5 nitrogen and oxygen atoms in total. The van der Waals surface area contributed by atoms with Crippen molar-refractivity contribution in [3.8, 4) is 5.75 Å². The Bertz CT molecular complexity index is 487. The lowest BCUT2D eigenvalue weighted by atomic mass is 10.2. The predicted octanol–water partition coefficient (Wildman–Crippen LogP) is 2.87. The van der Waals surface area contributed by atoms with Crippen molar-refractivity contribution < 1.29 is 19.2 Å². The number of carbonyl (C=O) groups excluding carboxylic acids is 1. The molecule has 24 heavy (non-hydrogen) atoms. The molecule has 5 heteroatoms. The molecule has 0 atom stereocenters. The minimum atomic E-state index is -0.395. The molecule has 0 radical (unpaired) electrons. The van der Waals surface area contributed by atoms with Gasteiger partial charge in [0.15, 0.2) is 0 Å². The van der Waals surface area contributed by atoms with Crippen LogP contribution in [0.15, 0.2) is 24.3 Å². The summed E-state index contributed by atoms with van der Waals surface area (Å²) in [5.74, 6) is 0.783. The molecule has 1 aromatic carbocycles. The normalized spacial score (nSPS) is 14.5. The Hall–Kier alpha value is -1.75. The highest BCUT2D eigenvalue weighted by Crippen LogP contribution is 2.18. The fourth-order valence-electron chi connectivity index (χ4n) is 2.95. The van der Waals surface area contributed by atoms with Gasteiger partial charge in [0.25, 0.3) is 0 Å². The van der Waals surface area contributed by atoms with E-state index < -0.39 is 6.09 Å². The van der Waals surface area contributed by atoms with Gasteiger partial charge in [-0.3, -0.25) is 5.32 Å². The van der Waals surface area contributed by atoms with E-state index in [1.54, 1.807) is 0 Å². The Morgan fingerprint density at radius 1 is 1.17 bits per heavy atom. The highest BCUT2D eigenvalue weighted by Gasteiger charge is 2.15. The van der Waals surface area contributed by atoms with Gasteiger partial charge in [0, 0.05) is 24.6 Å². The Morgan fingerprint density at radius 2 is 2.00 bits per heavy atom. The van der Waals surface area contributed by atoms with Crippen molar-refractivity contribution >= 4 is 11.8 Å². The first-order chi connectivity index (χ1) is 11.8. The molecule has 1 heterocycles. The summed E-state index contributed by atoms with van der Waals surface area (Å²) < 4.78 is 11.0. The van der Waals surface area contributed by atoms with Gasteiger partial charge in [0.05, 0.1) is 19.7 Å². The summed E-state index contributed by atoms with van der Waals surface area (Å²) in [7, 11) is 0. The zero-order valence-electron chi connectivity index (χ0n) is 14.8. The van der Waals surface area contributed by atoms with Crippen molar-refractivity contribution in [1.82, 2.24) is 0 Å². The van der Waals surface area contributed by atoms with Gasteiger partial charge in [0.1, 0.15) is 18.9 Å².